The molecule has 242 valence electrons. The van der Waals surface area contributed by atoms with E-state index in [2.05, 4.69) is 20.9 Å². The Balaban J connectivity index is 1.21. The number of carbonyl (C=O) groups is 2. The van der Waals surface area contributed by atoms with E-state index in [9.17, 15) is 19.1 Å². The summed E-state index contributed by atoms with van der Waals surface area (Å²) in [5.74, 6) is -3.08. The highest BCUT2D eigenvalue weighted by atomic mass is 19.2. The number of halogens is 2. The van der Waals surface area contributed by atoms with Gasteiger partial charge in [0.15, 0.2) is 24.0 Å². The SMILES string of the molecule is Cc1cc(N/C2=C\C/C=C\C=C3\C(c4ccc(OCC#N)c(F)c4F)=CN=C23)ccc1C(=O)CC(=N)CCNC(=O)[C@@H]1C[C@@H](O)CN1. The second-order valence-electron chi connectivity index (χ2n) is 11.3. The third-order valence-electron chi connectivity index (χ3n) is 7.94. The fourth-order valence-corrected chi connectivity index (χ4v) is 5.55. The summed E-state index contributed by atoms with van der Waals surface area (Å²) < 4.78 is 34.9. The minimum Gasteiger partial charge on any atom is -0.476 e. The van der Waals surface area contributed by atoms with Gasteiger partial charge in [-0.1, -0.05) is 24.3 Å². The number of amides is 1. The van der Waals surface area contributed by atoms with Crippen molar-refractivity contribution >= 4 is 34.4 Å². The number of hydrogen-bond donors (Lipinski definition) is 5. The van der Waals surface area contributed by atoms with E-state index in [1.54, 1.807) is 31.2 Å². The molecule has 0 aromatic heterocycles. The molecule has 0 bridgehead atoms. The van der Waals surface area contributed by atoms with Gasteiger partial charge in [0.05, 0.1) is 23.6 Å². The second-order valence-corrected chi connectivity index (χ2v) is 11.3. The number of hydrogen-bond acceptors (Lipinski definition) is 9. The molecule has 2 aromatic carbocycles. The van der Waals surface area contributed by atoms with Crippen molar-refractivity contribution in [1.29, 1.82) is 10.7 Å². The number of nitrogens with one attached hydrogen (secondary N) is 4. The Morgan fingerprint density at radius 2 is 2.04 bits per heavy atom. The number of ketones is 1. The number of rotatable bonds is 12. The molecule has 2 aliphatic heterocycles. The minimum atomic E-state index is -1.19. The average molecular weight is 641 g/mol. The number of Topliss-reactive ketones (excluding diaryl/α,β-unsaturated/α-hetero) is 1. The summed E-state index contributed by atoms with van der Waals surface area (Å²) in [6.07, 6.45) is 9.48. The summed E-state index contributed by atoms with van der Waals surface area (Å²) in [5, 5.41) is 35.6. The number of ether oxygens (including phenoxy) is 1. The normalized spacial score (nSPS) is 21.3. The first kappa shape index (κ1) is 33.1. The number of nitriles is 1. The van der Waals surface area contributed by atoms with Gasteiger partial charge in [-0.3, -0.25) is 14.6 Å². The lowest BCUT2D eigenvalue weighted by Gasteiger charge is -2.17. The molecule has 0 unspecified atom stereocenters. The Labute approximate surface area is 270 Å². The Hall–Kier alpha value is -5.25. The van der Waals surface area contributed by atoms with Gasteiger partial charge in [-0.2, -0.15) is 9.65 Å². The van der Waals surface area contributed by atoms with Gasteiger partial charge < -0.3 is 31.2 Å². The predicted octanol–water partition coefficient (Wildman–Crippen LogP) is 4.68. The molecule has 0 radical (unpaired) electrons. The fourth-order valence-electron chi connectivity index (χ4n) is 5.55. The maximum Gasteiger partial charge on any atom is 0.237 e. The van der Waals surface area contributed by atoms with Crippen molar-refractivity contribution in [3.05, 3.63) is 100 Å². The van der Waals surface area contributed by atoms with E-state index in [1.807, 2.05) is 24.3 Å². The quantitative estimate of drug-likeness (QED) is 0.166. The Morgan fingerprint density at radius 1 is 1.21 bits per heavy atom. The average Bonchev–Trinajstić information content (AvgIpc) is 3.65. The van der Waals surface area contributed by atoms with Crippen LogP contribution in [0, 0.1) is 35.3 Å². The molecule has 1 amide bonds. The third-order valence-corrected chi connectivity index (χ3v) is 7.94. The smallest absolute Gasteiger partial charge is 0.237 e. The van der Waals surface area contributed by atoms with Crippen LogP contribution >= 0.6 is 0 Å². The second kappa shape index (κ2) is 14.9. The van der Waals surface area contributed by atoms with Crippen molar-refractivity contribution in [3.8, 4) is 11.8 Å². The van der Waals surface area contributed by atoms with E-state index in [0.29, 0.717) is 58.8 Å². The number of benzene rings is 2. The number of carbonyl (C=O) groups excluding carboxylic acids is 2. The molecule has 0 saturated carbocycles. The summed E-state index contributed by atoms with van der Waals surface area (Å²) in [7, 11) is 0. The maximum absolute atomic E-state index is 15.1. The number of fused-ring (bicyclic) bond motifs is 1. The van der Waals surface area contributed by atoms with Gasteiger partial charge in [-0.05, 0) is 55.7 Å². The monoisotopic (exact) mass is 640 g/mol. The van der Waals surface area contributed by atoms with Crippen molar-refractivity contribution in [2.75, 3.05) is 25.0 Å². The lowest BCUT2D eigenvalue weighted by atomic mass is 9.93. The van der Waals surface area contributed by atoms with E-state index in [0.717, 1.165) is 0 Å². The number of anilines is 1. The van der Waals surface area contributed by atoms with Crippen LogP contribution in [0.2, 0.25) is 0 Å². The largest absolute Gasteiger partial charge is 0.476 e. The molecule has 2 atom stereocenters. The predicted molar refractivity (Wildman–Crippen MR) is 174 cm³/mol. The number of allylic oxidation sites excluding steroid dienone is 6. The summed E-state index contributed by atoms with van der Waals surface area (Å²) in [4.78, 5) is 29.8. The Kier molecular flexibility index (Phi) is 10.5. The van der Waals surface area contributed by atoms with Crippen LogP contribution in [0.15, 0.2) is 77.1 Å². The van der Waals surface area contributed by atoms with Crippen molar-refractivity contribution in [2.24, 2.45) is 4.99 Å². The van der Waals surface area contributed by atoms with Crippen LogP contribution in [0.1, 0.15) is 47.2 Å². The van der Waals surface area contributed by atoms with E-state index in [1.165, 1.54) is 18.3 Å². The van der Waals surface area contributed by atoms with Gasteiger partial charge in [-0.15, -0.1) is 0 Å². The summed E-state index contributed by atoms with van der Waals surface area (Å²) in [6.45, 7) is 2.00. The molecular weight excluding hydrogens is 606 g/mol. The van der Waals surface area contributed by atoms with Crippen molar-refractivity contribution in [3.63, 3.8) is 0 Å². The molecule has 47 heavy (non-hydrogen) atoms. The zero-order chi connectivity index (χ0) is 33.5. The molecule has 2 aromatic rings. The first-order valence-electron chi connectivity index (χ1n) is 15.2. The lowest BCUT2D eigenvalue weighted by molar-refractivity contribution is -0.122. The fraction of sp³-hybridized carbons (Fsp3) is 0.286. The topological polar surface area (TPSA) is 160 Å². The van der Waals surface area contributed by atoms with Gasteiger partial charge in [0, 0.05) is 65.8 Å². The number of aliphatic hydroxyl groups is 1. The first-order valence-corrected chi connectivity index (χ1v) is 15.2. The molecule has 0 spiro atoms. The summed E-state index contributed by atoms with van der Waals surface area (Å²) in [5.41, 5.74) is 4.22. The van der Waals surface area contributed by atoms with Crippen LogP contribution in [0.4, 0.5) is 14.5 Å². The van der Waals surface area contributed by atoms with Crippen LogP contribution in [-0.4, -0.2) is 60.1 Å². The molecule has 5 N–H and O–H groups in total. The van der Waals surface area contributed by atoms with E-state index in [4.69, 9.17) is 15.4 Å². The van der Waals surface area contributed by atoms with Crippen molar-refractivity contribution in [1.82, 2.24) is 10.6 Å². The van der Waals surface area contributed by atoms with E-state index in [-0.39, 0.29) is 48.1 Å². The standard InChI is InChI=1S/C35H34F2N6O4/c1-20-15-22(7-8-24(20)30(45)16-21(39)11-13-40-35(46)29-17-23(44)18-41-29)43-28-6-4-2-3-5-26-27(19-42-34(26)28)25-9-10-31(47-14-12-38)33(37)32(25)36/h2-3,5-10,15,19,23,29,39,41,43-44H,4,11,13-14,16-18H2,1H3,(H,40,46)/b3-2-,26-5-,28-6-,39-21?/t23-,29+/m1/s1. The van der Waals surface area contributed by atoms with E-state index >= 15 is 4.39 Å². The number of aryl methyl sites for hydroxylation is 1. The van der Waals surface area contributed by atoms with E-state index < -0.39 is 30.4 Å². The van der Waals surface area contributed by atoms with Crippen LogP contribution in [-0.2, 0) is 4.79 Å². The van der Waals surface area contributed by atoms with Gasteiger partial charge in [0.25, 0.3) is 0 Å². The molecule has 1 fully saturated rings. The van der Waals surface area contributed by atoms with Gasteiger partial charge in [0.2, 0.25) is 11.7 Å². The molecule has 12 heteroatoms. The number of aliphatic imine (C=N–C) groups is 1. The minimum absolute atomic E-state index is 0.00227. The summed E-state index contributed by atoms with van der Waals surface area (Å²) in [6, 6.07) is 9.22. The number of aliphatic hydroxyl groups excluding tert-OH is 1. The lowest BCUT2D eigenvalue weighted by Crippen LogP contribution is -2.41. The molecule has 2 heterocycles. The molecular formula is C35H34F2N6O4. The van der Waals surface area contributed by atoms with Crippen molar-refractivity contribution < 1.29 is 28.2 Å². The number of nitrogens with zero attached hydrogens (tertiary/aromatic N) is 2. The van der Waals surface area contributed by atoms with Crippen molar-refractivity contribution in [2.45, 2.75) is 44.8 Å². The Bertz CT molecular complexity index is 1800. The van der Waals surface area contributed by atoms with Crippen LogP contribution in [0.5, 0.6) is 5.75 Å². The highest BCUT2D eigenvalue weighted by Gasteiger charge is 2.28. The highest BCUT2D eigenvalue weighted by molar-refractivity contribution is 6.25. The van der Waals surface area contributed by atoms with Crippen LogP contribution in [0.3, 0.4) is 0 Å². The number of β-amino-alcohol motifs (C(OH)–C–C–N with tert-alkyl or cyclic N) is 1. The molecule has 3 aliphatic rings. The van der Waals surface area contributed by atoms with Gasteiger partial charge in [-0.25, -0.2) is 4.39 Å². The zero-order valence-corrected chi connectivity index (χ0v) is 25.7. The zero-order valence-electron chi connectivity index (χ0n) is 25.7. The molecule has 5 rings (SSSR count). The third kappa shape index (κ3) is 7.77. The van der Waals surface area contributed by atoms with Gasteiger partial charge >= 0.3 is 0 Å². The highest BCUT2D eigenvalue weighted by Crippen LogP contribution is 2.36. The van der Waals surface area contributed by atoms with Crippen LogP contribution in [0.25, 0.3) is 5.57 Å². The van der Waals surface area contributed by atoms with Crippen LogP contribution < -0.4 is 20.7 Å². The first-order chi connectivity index (χ1) is 22.7. The molecule has 1 saturated heterocycles. The molecule has 1 aliphatic carbocycles. The van der Waals surface area contributed by atoms with Gasteiger partial charge in [0.1, 0.15) is 6.07 Å². The summed E-state index contributed by atoms with van der Waals surface area (Å²) >= 11 is 0. The maximum atomic E-state index is 15.1. The molecule has 10 nitrogen and oxygen atoms in total. The Morgan fingerprint density at radius 3 is 2.79 bits per heavy atom.